The first-order valence-electron chi connectivity index (χ1n) is 10.5. The molecule has 6 atom stereocenters. The maximum Gasteiger partial charge on any atom is 0.313 e. The Labute approximate surface area is 176 Å². The van der Waals surface area contributed by atoms with E-state index in [0.717, 1.165) is 0 Å². The number of furan rings is 1. The molecule has 0 aromatic carbocycles. The number of ether oxygens (including phenoxy) is 2. The molecule has 0 saturated heterocycles. The molecule has 164 valence electrons. The van der Waals surface area contributed by atoms with Crippen LogP contribution in [0.4, 0.5) is 0 Å². The molecule has 0 spiro atoms. The summed E-state index contributed by atoms with van der Waals surface area (Å²) in [5.74, 6) is -1.99. The zero-order valence-electron chi connectivity index (χ0n) is 18.2. The van der Waals surface area contributed by atoms with Crippen molar-refractivity contribution in [2.45, 2.75) is 71.0 Å². The standard InChI is InChI=1S/C23H30O7/c1-12(24)30-16-11-23(27)21(2,3)8-6-17(25)22(23,4)14-10-15-13(7-9-29-15)18(19(14)16)20(26)28-5/h7,9,14,16,18-19,27H,6,8,10-11H2,1-5H3. The summed E-state index contributed by atoms with van der Waals surface area (Å²) in [7, 11) is 1.32. The highest BCUT2D eigenvalue weighted by Crippen LogP contribution is 2.66. The topological polar surface area (TPSA) is 103 Å². The van der Waals surface area contributed by atoms with Gasteiger partial charge in [-0.05, 0) is 30.7 Å². The normalized spacial score (nSPS) is 39.3. The van der Waals surface area contributed by atoms with E-state index in [9.17, 15) is 19.5 Å². The van der Waals surface area contributed by atoms with Gasteiger partial charge in [0.1, 0.15) is 17.6 Å². The molecule has 7 heteroatoms. The lowest BCUT2D eigenvalue weighted by Crippen LogP contribution is -2.73. The third-order valence-electron chi connectivity index (χ3n) is 8.34. The molecule has 3 aliphatic rings. The van der Waals surface area contributed by atoms with Crippen molar-refractivity contribution in [2.75, 3.05) is 7.11 Å². The lowest BCUT2D eigenvalue weighted by Gasteiger charge is -2.65. The molecule has 6 unspecified atom stereocenters. The molecule has 7 nitrogen and oxygen atoms in total. The van der Waals surface area contributed by atoms with E-state index in [-0.39, 0.29) is 12.2 Å². The fourth-order valence-corrected chi connectivity index (χ4v) is 6.63. The van der Waals surface area contributed by atoms with Gasteiger partial charge in [-0.3, -0.25) is 14.4 Å². The number of fused-ring (bicyclic) bond motifs is 4. The lowest BCUT2D eigenvalue weighted by atomic mass is 9.40. The molecular formula is C23H30O7. The summed E-state index contributed by atoms with van der Waals surface area (Å²) >= 11 is 0. The Balaban J connectivity index is 1.95. The van der Waals surface area contributed by atoms with E-state index in [2.05, 4.69) is 0 Å². The zero-order valence-corrected chi connectivity index (χ0v) is 18.2. The number of carbonyl (C=O) groups is 3. The third kappa shape index (κ3) is 2.57. The molecule has 3 aliphatic carbocycles. The first-order chi connectivity index (χ1) is 14.0. The highest BCUT2D eigenvalue weighted by Gasteiger charge is 2.72. The minimum Gasteiger partial charge on any atom is -0.469 e. The maximum absolute atomic E-state index is 13.4. The Morgan fingerprint density at radius 2 is 1.97 bits per heavy atom. The Kier molecular flexibility index (Phi) is 4.69. The molecule has 1 aromatic rings. The number of methoxy groups -OCH3 is 1. The van der Waals surface area contributed by atoms with Crippen LogP contribution in [0.1, 0.15) is 64.2 Å². The van der Waals surface area contributed by atoms with Crippen molar-refractivity contribution in [3.05, 3.63) is 23.7 Å². The van der Waals surface area contributed by atoms with Crippen LogP contribution in [0.25, 0.3) is 0 Å². The van der Waals surface area contributed by atoms with Crippen LogP contribution in [-0.2, 0) is 30.3 Å². The Hall–Kier alpha value is -2.15. The number of hydrogen-bond donors (Lipinski definition) is 1. The number of hydrogen-bond acceptors (Lipinski definition) is 7. The summed E-state index contributed by atoms with van der Waals surface area (Å²) in [4.78, 5) is 38.3. The van der Waals surface area contributed by atoms with E-state index in [4.69, 9.17) is 13.9 Å². The van der Waals surface area contributed by atoms with Crippen LogP contribution < -0.4 is 0 Å². The molecule has 2 fully saturated rings. The van der Waals surface area contributed by atoms with E-state index in [1.165, 1.54) is 20.3 Å². The maximum atomic E-state index is 13.4. The van der Waals surface area contributed by atoms with E-state index in [1.54, 1.807) is 6.07 Å². The second kappa shape index (κ2) is 6.67. The molecular weight excluding hydrogens is 388 g/mol. The number of Topliss-reactive ketones (excluding diaryl/α,β-unsaturated/α-hetero) is 1. The molecule has 0 aliphatic heterocycles. The van der Waals surface area contributed by atoms with Crippen LogP contribution in [0.2, 0.25) is 0 Å². The van der Waals surface area contributed by atoms with Crippen molar-refractivity contribution >= 4 is 17.7 Å². The number of rotatable bonds is 2. The fraction of sp³-hybridized carbons (Fsp3) is 0.696. The Morgan fingerprint density at radius 3 is 2.60 bits per heavy atom. The SMILES string of the molecule is COC(=O)C1c2ccoc2CC2C1C(OC(C)=O)CC1(O)C(C)(C)CCC(=O)C21C. The van der Waals surface area contributed by atoms with Gasteiger partial charge in [0.25, 0.3) is 0 Å². The van der Waals surface area contributed by atoms with Crippen LogP contribution in [0, 0.1) is 22.7 Å². The van der Waals surface area contributed by atoms with E-state index in [0.29, 0.717) is 30.6 Å². The monoisotopic (exact) mass is 418 g/mol. The van der Waals surface area contributed by atoms with Gasteiger partial charge in [0.05, 0.1) is 30.3 Å². The van der Waals surface area contributed by atoms with Gasteiger partial charge >= 0.3 is 11.9 Å². The van der Waals surface area contributed by atoms with Gasteiger partial charge in [0, 0.05) is 37.7 Å². The van der Waals surface area contributed by atoms with Crippen LogP contribution in [0.5, 0.6) is 0 Å². The predicted octanol–water partition coefficient (Wildman–Crippen LogP) is 2.79. The first kappa shape index (κ1) is 21.1. The second-order valence-corrected chi connectivity index (χ2v) is 9.91. The Morgan fingerprint density at radius 1 is 1.27 bits per heavy atom. The molecule has 0 amide bonds. The van der Waals surface area contributed by atoms with Crippen molar-refractivity contribution in [3.8, 4) is 0 Å². The van der Waals surface area contributed by atoms with Crippen LogP contribution >= 0.6 is 0 Å². The summed E-state index contributed by atoms with van der Waals surface area (Å²) < 4.78 is 16.5. The lowest BCUT2D eigenvalue weighted by molar-refractivity contribution is -0.254. The molecule has 0 radical (unpaired) electrons. The average Bonchev–Trinajstić information content (AvgIpc) is 3.14. The summed E-state index contributed by atoms with van der Waals surface area (Å²) in [6.45, 7) is 7.06. The number of aliphatic hydroxyl groups is 1. The van der Waals surface area contributed by atoms with Gasteiger partial charge in [-0.1, -0.05) is 13.8 Å². The molecule has 4 rings (SSSR count). The summed E-state index contributed by atoms with van der Waals surface area (Å²) in [5.41, 5.74) is -2.35. The molecule has 1 N–H and O–H groups in total. The summed E-state index contributed by atoms with van der Waals surface area (Å²) in [6.07, 6.45) is 2.21. The van der Waals surface area contributed by atoms with Crippen molar-refractivity contribution in [2.24, 2.45) is 22.7 Å². The smallest absolute Gasteiger partial charge is 0.313 e. The van der Waals surface area contributed by atoms with Gasteiger partial charge in [-0.15, -0.1) is 0 Å². The number of ketones is 1. The third-order valence-corrected chi connectivity index (χ3v) is 8.34. The fourth-order valence-electron chi connectivity index (χ4n) is 6.63. The van der Waals surface area contributed by atoms with Crippen LogP contribution in [0.15, 0.2) is 16.7 Å². The van der Waals surface area contributed by atoms with Crippen molar-refractivity contribution in [3.63, 3.8) is 0 Å². The molecule has 1 heterocycles. The molecule has 0 bridgehead atoms. The van der Waals surface area contributed by atoms with Crippen LogP contribution in [0.3, 0.4) is 0 Å². The van der Waals surface area contributed by atoms with E-state index in [1.807, 2.05) is 20.8 Å². The Bertz CT molecular complexity index is 899. The van der Waals surface area contributed by atoms with Gasteiger partial charge < -0.3 is 19.0 Å². The molecule has 2 saturated carbocycles. The number of esters is 2. The van der Waals surface area contributed by atoms with Crippen molar-refractivity contribution in [1.82, 2.24) is 0 Å². The van der Waals surface area contributed by atoms with Crippen LogP contribution in [-0.4, -0.2) is 41.6 Å². The van der Waals surface area contributed by atoms with Gasteiger partial charge in [0.2, 0.25) is 0 Å². The average molecular weight is 418 g/mol. The van der Waals surface area contributed by atoms with E-state index >= 15 is 0 Å². The second-order valence-electron chi connectivity index (χ2n) is 9.91. The minimum absolute atomic E-state index is 0.0146. The van der Waals surface area contributed by atoms with E-state index < -0.39 is 52.2 Å². The van der Waals surface area contributed by atoms with Gasteiger partial charge in [-0.25, -0.2) is 0 Å². The van der Waals surface area contributed by atoms with Gasteiger partial charge in [-0.2, -0.15) is 0 Å². The minimum atomic E-state index is -1.39. The largest absolute Gasteiger partial charge is 0.469 e. The van der Waals surface area contributed by atoms with Crippen molar-refractivity contribution < 1.29 is 33.4 Å². The molecule has 30 heavy (non-hydrogen) atoms. The predicted molar refractivity (Wildman–Crippen MR) is 105 cm³/mol. The highest BCUT2D eigenvalue weighted by atomic mass is 16.5. The summed E-state index contributed by atoms with van der Waals surface area (Å²) in [6, 6.07) is 1.74. The van der Waals surface area contributed by atoms with Crippen molar-refractivity contribution in [1.29, 1.82) is 0 Å². The zero-order chi connectivity index (χ0) is 22.1. The summed E-state index contributed by atoms with van der Waals surface area (Å²) in [5, 5.41) is 12.1. The van der Waals surface area contributed by atoms with Gasteiger partial charge in [0.15, 0.2) is 0 Å². The quantitative estimate of drug-likeness (QED) is 0.737. The first-order valence-corrected chi connectivity index (χ1v) is 10.5. The molecule has 1 aromatic heterocycles. The highest BCUT2D eigenvalue weighted by molar-refractivity contribution is 5.89. The number of carbonyl (C=O) groups excluding carboxylic acids is 3.